The SMILES string of the molecule is Nc1nccn2c(C3CC(CN4CCC4)C3)nc(-c3ccc4cnc(-c5ccccc5)nc4c3)c12. The van der Waals surface area contributed by atoms with Crippen LogP contribution in [0.25, 0.3) is 39.1 Å². The number of nitrogens with two attached hydrogens (primary N) is 1. The zero-order valence-electron chi connectivity index (χ0n) is 19.5. The van der Waals surface area contributed by atoms with E-state index >= 15 is 0 Å². The average molecular weight is 462 g/mol. The van der Waals surface area contributed by atoms with Crippen LogP contribution < -0.4 is 5.73 Å². The van der Waals surface area contributed by atoms with Crippen LogP contribution in [0.3, 0.4) is 0 Å². The molecule has 7 rings (SSSR count). The number of rotatable bonds is 5. The third kappa shape index (κ3) is 3.54. The summed E-state index contributed by atoms with van der Waals surface area (Å²) in [6.45, 7) is 3.75. The van der Waals surface area contributed by atoms with Crippen molar-refractivity contribution in [1.82, 2.24) is 29.2 Å². The Kier molecular flexibility index (Phi) is 4.77. The van der Waals surface area contributed by atoms with Crippen molar-refractivity contribution >= 4 is 22.2 Å². The van der Waals surface area contributed by atoms with Crippen LogP contribution in [0.2, 0.25) is 0 Å². The van der Waals surface area contributed by atoms with E-state index in [2.05, 4.69) is 37.5 Å². The molecular weight excluding hydrogens is 434 g/mol. The molecule has 174 valence electrons. The Morgan fingerprint density at radius 3 is 2.60 bits per heavy atom. The molecule has 5 aromatic rings. The molecule has 2 N–H and O–H groups in total. The van der Waals surface area contributed by atoms with Crippen molar-refractivity contribution in [1.29, 1.82) is 0 Å². The van der Waals surface area contributed by atoms with Crippen molar-refractivity contribution < 1.29 is 0 Å². The van der Waals surface area contributed by atoms with E-state index in [1.54, 1.807) is 6.20 Å². The van der Waals surface area contributed by atoms with Gasteiger partial charge < -0.3 is 10.6 Å². The first-order valence-corrected chi connectivity index (χ1v) is 12.4. The molecule has 2 fully saturated rings. The molecule has 2 aliphatic rings. The molecule has 2 aromatic carbocycles. The van der Waals surface area contributed by atoms with Gasteiger partial charge in [0.2, 0.25) is 0 Å². The van der Waals surface area contributed by atoms with Crippen LogP contribution in [0.5, 0.6) is 0 Å². The fourth-order valence-corrected chi connectivity index (χ4v) is 5.50. The van der Waals surface area contributed by atoms with Gasteiger partial charge in [0, 0.05) is 47.6 Å². The summed E-state index contributed by atoms with van der Waals surface area (Å²) in [6, 6.07) is 16.3. The van der Waals surface area contributed by atoms with Gasteiger partial charge in [-0.1, -0.05) is 42.5 Å². The number of nitrogen functional groups attached to an aromatic ring is 1. The zero-order chi connectivity index (χ0) is 23.4. The van der Waals surface area contributed by atoms with Gasteiger partial charge >= 0.3 is 0 Å². The van der Waals surface area contributed by atoms with Gasteiger partial charge in [0.25, 0.3) is 0 Å². The lowest BCUT2D eigenvalue weighted by Crippen LogP contribution is -2.43. The van der Waals surface area contributed by atoms with Gasteiger partial charge in [0.15, 0.2) is 5.82 Å². The third-order valence-electron chi connectivity index (χ3n) is 7.56. The second-order valence-electron chi connectivity index (χ2n) is 9.87. The van der Waals surface area contributed by atoms with Crippen molar-refractivity contribution in [3.63, 3.8) is 0 Å². The molecule has 0 radical (unpaired) electrons. The Labute approximate surface area is 203 Å². The number of fused-ring (bicyclic) bond motifs is 2. The summed E-state index contributed by atoms with van der Waals surface area (Å²) in [5, 5.41) is 0.996. The number of hydrogen-bond donors (Lipinski definition) is 1. The van der Waals surface area contributed by atoms with Crippen molar-refractivity contribution in [2.75, 3.05) is 25.4 Å². The number of likely N-dealkylation sites (tertiary alicyclic amines) is 1. The molecule has 0 bridgehead atoms. The van der Waals surface area contributed by atoms with Crippen LogP contribution >= 0.6 is 0 Å². The van der Waals surface area contributed by atoms with Gasteiger partial charge in [0.05, 0.1) is 5.52 Å². The molecule has 1 saturated heterocycles. The normalized spacial score (nSPS) is 20.1. The number of benzene rings is 2. The van der Waals surface area contributed by atoms with Crippen LogP contribution in [0.1, 0.15) is 31.0 Å². The van der Waals surface area contributed by atoms with Gasteiger partial charge in [0.1, 0.15) is 22.9 Å². The zero-order valence-corrected chi connectivity index (χ0v) is 19.5. The highest BCUT2D eigenvalue weighted by molar-refractivity contribution is 5.90. The van der Waals surface area contributed by atoms with Gasteiger partial charge in [-0.15, -0.1) is 0 Å². The highest BCUT2D eigenvalue weighted by atomic mass is 15.2. The van der Waals surface area contributed by atoms with Crippen molar-refractivity contribution in [2.45, 2.75) is 25.2 Å². The van der Waals surface area contributed by atoms with E-state index < -0.39 is 0 Å². The van der Waals surface area contributed by atoms with E-state index in [1.165, 1.54) is 38.9 Å². The predicted octanol–water partition coefficient (Wildman–Crippen LogP) is 4.79. The molecule has 0 unspecified atom stereocenters. The monoisotopic (exact) mass is 461 g/mol. The molecule has 0 amide bonds. The number of anilines is 1. The Hall–Kier alpha value is -3.84. The maximum atomic E-state index is 6.39. The van der Waals surface area contributed by atoms with Crippen molar-refractivity contribution in [3.05, 3.63) is 72.9 Å². The standard InChI is InChI=1S/C28H27N7/c29-26-25-24(20-7-8-21-16-31-27(32-23(21)15-20)19-5-2-1-3-6-19)33-28(35(25)12-9-30-26)22-13-18(14-22)17-34-10-4-11-34/h1-3,5-9,12,15-16,18,22H,4,10-11,13-14,17H2,(H2,29,30). The Balaban J connectivity index is 1.27. The predicted molar refractivity (Wildman–Crippen MR) is 138 cm³/mol. The molecule has 0 spiro atoms. The summed E-state index contributed by atoms with van der Waals surface area (Å²) in [5.41, 5.74) is 11.0. The maximum absolute atomic E-state index is 6.39. The number of nitrogens with zero attached hydrogens (tertiary/aromatic N) is 6. The molecule has 0 atom stereocenters. The minimum atomic E-state index is 0.455. The van der Waals surface area contributed by atoms with Crippen LogP contribution in [-0.2, 0) is 0 Å². The number of hydrogen-bond acceptors (Lipinski definition) is 6. The van der Waals surface area contributed by atoms with Crippen LogP contribution in [0.15, 0.2) is 67.1 Å². The third-order valence-corrected chi connectivity index (χ3v) is 7.56. The summed E-state index contributed by atoms with van der Waals surface area (Å²) in [7, 11) is 0. The number of imidazole rings is 1. The van der Waals surface area contributed by atoms with Gasteiger partial charge in [-0.25, -0.2) is 19.9 Å². The minimum Gasteiger partial charge on any atom is -0.382 e. The smallest absolute Gasteiger partial charge is 0.159 e. The molecular formula is C28H27N7. The lowest BCUT2D eigenvalue weighted by molar-refractivity contribution is 0.107. The van der Waals surface area contributed by atoms with E-state index in [0.29, 0.717) is 11.7 Å². The molecule has 1 aliphatic carbocycles. The molecule has 4 heterocycles. The molecule has 35 heavy (non-hydrogen) atoms. The first kappa shape index (κ1) is 20.5. The van der Waals surface area contributed by atoms with Gasteiger partial charge in [-0.2, -0.15) is 0 Å². The van der Waals surface area contributed by atoms with E-state index in [9.17, 15) is 0 Å². The second kappa shape index (κ2) is 8.13. The summed E-state index contributed by atoms with van der Waals surface area (Å²) in [4.78, 5) is 21.5. The van der Waals surface area contributed by atoms with Crippen LogP contribution in [0.4, 0.5) is 5.82 Å². The van der Waals surface area contributed by atoms with E-state index in [0.717, 1.165) is 50.8 Å². The molecule has 1 aliphatic heterocycles. The van der Waals surface area contributed by atoms with E-state index in [-0.39, 0.29) is 0 Å². The fourth-order valence-electron chi connectivity index (χ4n) is 5.50. The first-order chi connectivity index (χ1) is 17.2. The topological polar surface area (TPSA) is 85.2 Å². The molecule has 7 nitrogen and oxygen atoms in total. The Bertz CT molecular complexity index is 1530. The largest absolute Gasteiger partial charge is 0.382 e. The summed E-state index contributed by atoms with van der Waals surface area (Å²) in [6.07, 6.45) is 9.36. The highest BCUT2D eigenvalue weighted by Gasteiger charge is 2.36. The van der Waals surface area contributed by atoms with E-state index in [1.807, 2.05) is 42.7 Å². The minimum absolute atomic E-state index is 0.455. The van der Waals surface area contributed by atoms with Gasteiger partial charge in [-0.3, -0.25) is 4.40 Å². The van der Waals surface area contributed by atoms with Crippen LogP contribution in [0, 0.1) is 5.92 Å². The highest BCUT2D eigenvalue weighted by Crippen LogP contribution is 2.44. The van der Waals surface area contributed by atoms with Crippen molar-refractivity contribution in [2.24, 2.45) is 5.92 Å². The number of aromatic nitrogens is 5. The summed E-state index contributed by atoms with van der Waals surface area (Å²) in [5.74, 6) is 3.54. The first-order valence-electron chi connectivity index (χ1n) is 12.4. The van der Waals surface area contributed by atoms with Crippen LogP contribution in [-0.4, -0.2) is 48.9 Å². The Morgan fingerprint density at radius 1 is 0.943 bits per heavy atom. The lowest BCUT2D eigenvalue weighted by Gasteiger charge is -2.41. The van der Waals surface area contributed by atoms with Gasteiger partial charge in [-0.05, 0) is 44.3 Å². The second-order valence-corrected chi connectivity index (χ2v) is 9.87. The molecule has 1 saturated carbocycles. The fraction of sp³-hybridized carbons (Fsp3) is 0.286. The Morgan fingerprint density at radius 2 is 1.80 bits per heavy atom. The average Bonchev–Trinajstić information content (AvgIpc) is 3.22. The van der Waals surface area contributed by atoms with Crippen molar-refractivity contribution in [3.8, 4) is 22.6 Å². The maximum Gasteiger partial charge on any atom is 0.159 e. The quantitative estimate of drug-likeness (QED) is 0.405. The lowest BCUT2D eigenvalue weighted by atomic mass is 9.74. The molecule has 7 heteroatoms. The van der Waals surface area contributed by atoms with E-state index in [4.69, 9.17) is 15.7 Å². The summed E-state index contributed by atoms with van der Waals surface area (Å²) >= 11 is 0. The molecule has 3 aromatic heterocycles. The summed E-state index contributed by atoms with van der Waals surface area (Å²) < 4.78 is 2.15.